The molecule has 0 unspecified atom stereocenters. The summed E-state index contributed by atoms with van der Waals surface area (Å²) in [7, 11) is 0. The second-order valence-electron chi connectivity index (χ2n) is 7.24. The molecule has 0 atom stereocenters. The first-order valence-corrected chi connectivity index (χ1v) is 9.57. The van der Waals surface area contributed by atoms with Crippen molar-refractivity contribution in [1.82, 2.24) is 5.32 Å². The fourth-order valence-corrected chi connectivity index (χ4v) is 3.78. The Morgan fingerprint density at radius 1 is 1.14 bits per heavy atom. The predicted molar refractivity (Wildman–Crippen MR) is 108 cm³/mol. The van der Waals surface area contributed by atoms with E-state index in [9.17, 15) is 14.9 Å². The Hall–Kier alpha value is -3.59. The first-order chi connectivity index (χ1) is 14.1. The zero-order valence-corrected chi connectivity index (χ0v) is 15.8. The molecule has 4 rings (SSSR count). The number of benzene rings is 2. The molecule has 1 aliphatic rings. The van der Waals surface area contributed by atoms with E-state index in [2.05, 4.69) is 11.4 Å². The van der Waals surface area contributed by atoms with E-state index in [1.807, 2.05) is 36.4 Å². The summed E-state index contributed by atoms with van der Waals surface area (Å²) in [6, 6.07) is 18.4. The van der Waals surface area contributed by atoms with Gasteiger partial charge < -0.3 is 14.5 Å². The first-order valence-electron chi connectivity index (χ1n) is 9.57. The summed E-state index contributed by atoms with van der Waals surface area (Å²) in [4.78, 5) is 24.2. The molecule has 146 valence electrons. The molecule has 1 heterocycles. The zero-order chi connectivity index (χ0) is 20.3. The zero-order valence-electron chi connectivity index (χ0n) is 15.8. The van der Waals surface area contributed by atoms with E-state index < -0.39 is 11.2 Å². The lowest BCUT2D eigenvalue weighted by Gasteiger charge is -2.21. The summed E-state index contributed by atoms with van der Waals surface area (Å²) in [5.41, 5.74) is 0.846. The Morgan fingerprint density at radius 3 is 2.62 bits per heavy atom. The second kappa shape index (κ2) is 7.80. The van der Waals surface area contributed by atoms with Crippen molar-refractivity contribution in [3.63, 3.8) is 0 Å². The van der Waals surface area contributed by atoms with Gasteiger partial charge >= 0.3 is 5.63 Å². The molecule has 1 N–H and O–H groups in total. The molecule has 0 spiro atoms. The first kappa shape index (κ1) is 18.8. The van der Waals surface area contributed by atoms with Gasteiger partial charge in [-0.3, -0.25) is 4.79 Å². The van der Waals surface area contributed by atoms with Crippen LogP contribution < -0.4 is 15.7 Å². The van der Waals surface area contributed by atoms with E-state index in [1.165, 1.54) is 6.07 Å². The number of ether oxygens (including phenoxy) is 1. The fourth-order valence-electron chi connectivity index (χ4n) is 3.78. The highest BCUT2D eigenvalue weighted by Gasteiger charge is 2.35. The Bertz CT molecular complexity index is 1140. The molecule has 29 heavy (non-hydrogen) atoms. The minimum atomic E-state index is -0.777. The van der Waals surface area contributed by atoms with Crippen molar-refractivity contribution in [2.45, 2.75) is 31.2 Å². The molecule has 1 fully saturated rings. The van der Waals surface area contributed by atoms with Crippen molar-refractivity contribution in [3.05, 3.63) is 65.0 Å². The quantitative estimate of drug-likeness (QED) is 0.671. The van der Waals surface area contributed by atoms with E-state index in [-0.39, 0.29) is 12.5 Å². The van der Waals surface area contributed by atoms with Crippen LogP contribution in [-0.2, 0) is 4.79 Å². The van der Waals surface area contributed by atoms with Gasteiger partial charge in [0, 0.05) is 17.5 Å². The number of amides is 1. The van der Waals surface area contributed by atoms with Crippen LogP contribution in [-0.4, -0.2) is 18.1 Å². The van der Waals surface area contributed by atoms with Crippen LogP contribution in [0.15, 0.2) is 63.8 Å². The third-order valence-electron chi connectivity index (χ3n) is 5.22. The van der Waals surface area contributed by atoms with Gasteiger partial charge in [0.05, 0.1) is 6.07 Å². The van der Waals surface area contributed by atoms with Gasteiger partial charge in [-0.25, -0.2) is 4.79 Å². The SMILES string of the molecule is N#CC1(NC(=O)COc2ccc3c(-c4ccccc4)cc(=O)oc3c2)CCCC1. The molecule has 6 heteroatoms. The molecule has 1 amide bonds. The Labute approximate surface area is 167 Å². The van der Waals surface area contributed by atoms with Crippen molar-refractivity contribution in [1.29, 1.82) is 5.26 Å². The minimum Gasteiger partial charge on any atom is -0.484 e. The normalized spacial score (nSPS) is 15.0. The average Bonchev–Trinajstić information content (AvgIpc) is 3.21. The number of nitrogens with zero attached hydrogens (tertiary/aromatic N) is 1. The molecule has 1 aromatic heterocycles. The lowest BCUT2D eigenvalue weighted by molar-refractivity contribution is -0.124. The second-order valence-corrected chi connectivity index (χ2v) is 7.24. The molecule has 6 nitrogen and oxygen atoms in total. The molecule has 1 saturated carbocycles. The van der Waals surface area contributed by atoms with E-state index in [0.29, 0.717) is 24.2 Å². The lowest BCUT2D eigenvalue weighted by atomic mass is 10.00. The van der Waals surface area contributed by atoms with Crippen LogP contribution in [0.2, 0.25) is 0 Å². The number of carbonyl (C=O) groups is 1. The van der Waals surface area contributed by atoms with Crippen molar-refractivity contribution in [3.8, 4) is 22.9 Å². The van der Waals surface area contributed by atoms with Gasteiger partial charge in [0.15, 0.2) is 6.61 Å². The highest BCUT2D eigenvalue weighted by Crippen LogP contribution is 2.30. The van der Waals surface area contributed by atoms with Gasteiger partial charge in [-0.15, -0.1) is 0 Å². The summed E-state index contributed by atoms with van der Waals surface area (Å²) >= 11 is 0. The van der Waals surface area contributed by atoms with E-state index in [4.69, 9.17) is 9.15 Å². The van der Waals surface area contributed by atoms with Crippen LogP contribution in [0.5, 0.6) is 5.75 Å². The highest BCUT2D eigenvalue weighted by molar-refractivity contribution is 5.93. The van der Waals surface area contributed by atoms with E-state index >= 15 is 0 Å². The maximum absolute atomic E-state index is 12.2. The predicted octanol–water partition coefficient (Wildman–Crippen LogP) is 3.79. The topological polar surface area (TPSA) is 92.3 Å². The van der Waals surface area contributed by atoms with Crippen molar-refractivity contribution in [2.75, 3.05) is 6.61 Å². The van der Waals surface area contributed by atoms with Crippen molar-refractivity contribution in [2.24, 2.45) is 0 Å². The number of hydrogen-bond donors (Lipinski definition) is 1. The summed E-state index contributed by atoms with van der Waals surface area (Å²) in [6.07, 6.45) is 3.20. The highest BCUT2D eigenvalue weighted by atomic mass is 16.5. The number of nitrogens with one attached hydrogen (secondary N) is 1. The minimum absolute atomic E-state index is 0.211. The standard InChI is InChI=1S/C23H20N2O4/c24-15-23(10-4-5-11-23)25-21(26)14-28-17-8-9-18-19(16-6-2-1-3-7-16)13-22(27)29-20(18)12-17/h1-3,6-9,12-13H,4-5,10-11,14H2,(H,25,26). The molecule has 2 aromatic carbocycles. The maximum atomic E-state index is 12.2. The lowest BCUT2D eigenvalue weighted by Crippen LogP contribution is -2.47. The number of nitriles is 1. The van der Waals surface area contributed by atoms with Gasteiger partial charge in [-0.05, 0) is 48.9 Å². The molecular formula is C23H20N2O4. The van der Waals surface area contributed by atoms with Crippen molar-refractivity contribution < 1.29 is 13.9 Å². The van der Waals surface area contributed by atoms with Gasteiger partial charge in [-0.1, -0.05) is 30.3 Å². The van der Waals surface area contributed by atoms with Crippen LogP contribution in [0.3, 0.4) is 0 Å². The number of rotatable bonds is 5. The maximum Gasteiger partial charge on any atom is 0.336 e. The number of carbonyl (C=O) groups excluding carboxylic acids is 1. The molecule has 0 aliphatic heterocycles. The van der Waals surface area contributed by atoms with Crippen LogP contribution >= 0.6 is 0 Å². The molecule has 0 bridgehead atoms. The third kappa shape index (κ3) is 3.99. The summed E-state index contributed by atoms with van der Waals surface area (Å²) < 4.78 is 10.9. The van der Waals surface area contributed by atoms with E-state index in [1.54, 1.807) is 12.1 Å². The van der Waals surface area contributed by atoms with Gasteiger partial charge in [0.2, 0.25) is 0 Å². The monoisotopic (exact) mass is 388 g/mol. The number of hydrogen-bond acceptors (Lipinski definition) is 5. The fraction of sp³-hybridized carbons (Fsp3) is 0.261. The largest absolute Gasteiger partial charge is 0.484 e. The molecule has 0 radical (unpaired) electrons. The Morgan fingerprint density at radius 2 is 1.90 bits per heavy atom. The van der Waals surface area contributed by atoms with Crippen LogP contribution in [0.1, 0.15) is 25.7 Å². The van der Waals surface area contributed by atoms with E-state index in [0.717, 1.165) is 29.4 Å². The summed E-state index contributed by atoms with van der Waals surface area (Å²) in [6.45, 7) is -0.211. The van der Waals surface area contributed by atoms with Gasteiger partial charge in [0.25, 0.3) is 5.91 Å². The van der Waals surface area contributed by atoms with Gasteiger partial charge in [0.1, 0.15) is 16.9 Å². The Balaban J connectivity index is 1.53. The third-order valence-corrected chi connectivity index (χ3v) is 5.22. The van der Waals surface area contributed by atoms with Crippen LogP contribution in [0.4, 0.5) is 0 Å². The number of fused-ring (bicyclic) bond motifs is 1. The summed E-state index contributed by atoms with van der Waals surface area (Å²) in [5, 5.41) is 12.9. The molecule has 3 aromatic rings. The molecule has 0 saturated heterocycles. The van der Waals surface area contributed by atoms with Gasteiger partial charge in [-0.2, -0.15) is 5.26 Å². The smallest absolute Gasteiger partial charge is 0.336 e. The van der Waals surface area contributed by atoms with Crippen LogP contribution in [0, 0.1) is 11.3 Å². The molecular weight excluding hydrogens is 368 g/mol. The Kier molecular flexibility index (Phi) is 5.05. The summed E-state index contributed by atoms with van der Waals surface area (Å²) in [5.74, 6) is 0.0754. The molecule has 1 aliphatic carbocycles. The van der Waals surface area contributed by atoms with Crippen LogP contribution in [0.25, 0.3) is 22.1 Å². The van der Waals surface area contributed by atoms with Crippen molar-refractivity contribution >= 4 is 16.9 Å². The average molecular weight is 388 g/mol.